The molecular weight excluding hydrogens is 274 g/mol. The Morgan fingerprint density at radius 3 is 2.80 bits per heavy atom. The van der Waals surface area contributed by atoms with Crippen molar-refractivity contribution in [3.8, 4) is 0 Å². The van der Waals surface area contributed by atoms with Gasteiger partial charge in [-0.15, -0.1) is 0 Å². The lowest BCUT2D eigenvalue weighted by Crippen LogP contribution is -2.13. The summed E-state index contributed by atoms with van der Waals surface area (Å²) in [7, 11) is 0. The number of aromatic nitrogens is 2. The highest BCUT2D eigenvalue weighted by molar-refractivity contribution is 6.29. The van der Waals surface area contributed by atoms with Gasteiger partial charge in [0.2, 0.25) is 0 Å². The summed E-state index contributed by atoms with van der Waals surface area (Å²) in [5.41, 5.74) is 1.77. The lowest BCUT2D eigenvalue weighted by Gasteiger charge is -2.05. The van der Waals surface area contributed by atoms with Crippen molar-refractivity contribution in [1.82, 2.24) is 9.97 Å². The zero-order valence-corrected chi connectivity index (χ0v) is 11.1. The lowest BCUT2D eigenvalue weighted by molar-refractivity contribution is 0.102. The molecule has 0 saturated heterocycles. The Labute approximate surface area is 120 Å². The summed E-state index contributed by atoms with van der Waals surface area (Å²) in [6.45, 7) is 0. The SMILES string of the molecule is O=C(Nc1cnc2ccccc2c1)c1cccc(Cl)n1. The second kappa shape index (κ2) is 5.27. The van der Waals surface area contributed by atoms with Gasteiger partial charge in [0.15, 0.2) is 0 Å². The van der Waals surface area contributed by atoms with E-state index in [1.54, 1.807) is 24.4 Å². The van der Waals surface area contributed by atoms with Crippen molar-refractivity contribution in [2.75, 3.05) is 5.32 Å². The van der Waals surface area contributed by atoms with Crippen molar-refractivity contribution < 1.29 is 4.79 Å². The van der Waals surface area contributed by atoms with Gasteiger partial charge in [-0.1, -0.05) is 35.9 Å². The predicted molar refractivity (Wildman–Crippen MR) is 78.9 cm³/mol. The largest absolute Gasteiger partial charge is 0.319 e. The molecule has 3 rings (SSSR count). The molecule has 0 spiro atoms. The number of fused-ring (bicyclic) bond motifs is 1. The quantitative estimate of drug-likeness (QED) is 0.732. The maximum atomic E-state index is 12.0. The summed E-state index contributed by atoms with van der Waals surface area (Å²) in [4.78, 5) is 20.3. The molecule has 0 aliphatic rings. The molecule has 0 atom stereocenters. The first-order chi connectivity index (χ1) is 9.72. The summed E-state index contributed by atoms with van der Waals surface area (Å²) in [5.74, 6) is -0.315. The van der Waals surface area contributed by atoms with Crippen molar-refractivity contribution in [2.24, 2.45) is 0 Å². The molecule has 3 aromatic rings. The smallest absolute Gasteiger partial charge is 0.274 e. The van der Waals surface area contributed by atoms with Crippen LogP contribution in [0.25, 0.3) is 10.9 Å². The third kappa shape index (κ3) is 2.60. The number of amides is 1. The van der Waals surface area contributed by atoms with Crippen molar-refractivity contribution in [1.29, 1.82) is 0 Å². The van der Waals surface area contributed by atoms with Crippen LogP contribution in [0, 0.1) is 0 Å². The van der Waals surface area contributed by atoms with Gasteiger partial charge in [-0.05, 0) is 24.3 Å². The standard InChI is InChI=1S/C15H10ClN3O/c16-14-7-3-6-13(19-14)15(20)18-11-8-10-4-1-2-5-12(10)17-9-11/h1-9H,(H,18,20). The second-order valence-electron chi connectivity index (χ2n) is 4.22. The average Bonchev–Trinajstić information content (AvgIpc) is 2.47. The monoisotopic (exact) mass is 283 g/mol. The zero-order chi connectivity index (χ0) is 13.9. The van der Waals surface area contributed by atoms with Crippen LogP contribution in [0.2, 0.25) is 5.15 Å². The minimum absolute atomic E-state index is 0.269. The normalized spacial score (nSPS) is 10.4. The van der Waals surface area contributed by atoms with Crippen LogP contribution in [-0.4, -0.2) is 15.9 Å². The third-order valence-corrected chi connectivity index (χ3v) is 3.01. The van der Waals surface area contributed by atoms with E-state index in [2.05, 4.69) is 15.3 Å². The summed E-state index contributed by atoms with van der Waals surface area (Å²) in [5, 5.41) is 4.00. The summed E-state index contributed by atoms with van der Waals surface area (Å²) >= 11 is 5.77. The van der Waals surface area contributed by atoms with Crippen molar-refractivity contribution in [3.63, 3.8) is 0 Å². The molecule has 4 nitrogen and oxygen atoms in total. The van der Waals surface area contributed by atoms with Gasteiger partial charge in [-0.2, -0.15) is 0 Å². The summed E-state index contributed by atoms with van der Waals surface area (Å²) in [6.07, 6.45) is 1.62. The predicted octanol–water partition coefficient (Wildman–Crippen LogP) is 3.54. The molecule has 5 heteroatoms. The summed E-state index contributed by atoms with van der Waals surface area (Å²) in [6, 6.07) is 14.5. The number of rotatable bonds is 2. The molecule has 0 aliphatic carbocycles. The molecule has 1 amide bonds. The lowest BCUT2D eigenvalue weighted by atomic mass is 10.2. The Morgan fingerprint density at radius 2 is 1.95 bits per heavy atom. The van der Waals surface area contributed by atoms with Crippen LogP contribution >= 0.6 is 11.6 Å². The number of nitrogens with zero attached hydrogens (tertiary/aromatic N) is 2. The fourth-order valence-electron chi connectivity index (χ4n) is 1.87. The van der Waals surface area contributed by atoms with Crippen LogP contribution in [0.15, 0.2) is 54.7 Å². The number of carbonyl (C=O) groups is 1. The number of hydrogen-bond donors (Lipinski definition) is 1. The molecule has 0 bridgehead atoms. The highest BCUT2D eigenvalue weighted by atomic mass is 35.5. The zero-order valence-electron chi connectivity index (χ0n) is 10.4. The van der Waals surface area contributed by atoms with Gasteiger partial charge in [0, 0.05) is 5.39 Å². The maximum absolute atomic E-state index is 12.0. The highest BCUT2D eigenvalue weighted by Gasteiger charge is 2.08. The van der Waals surface area contributed by atoms with Crippen LogP contribution < -0.4 is 5.32 Å². The highest BCUT2D eigenvalue weighted by Crippen LogP contribution is 2.16. The van der Waals surface area contributed by atoms with E-state index in [-0.39, 0.29) is 16.8 Å². The molecule has 2 heterocycles. The minimum Gasteiger partial charge on any atom is -0.319 e. The third-order valence-electron chi connectivity index (χ3n) is 2.80. The Bertz CT molecular complexity index is 789. The van der Waals surface area contributed by atoms with E-state index < -0.39 is 0 Å². The Balaban J connectivity index is 1.87. The van der Waals surface area contributed by atoms with Gasteiger partial charge in [0.25, 0.3) is 5.91 Å². The van der Waals surface area contributed by atoms with Crippen LogP contribution in [0.3, 0.4) is 0 Å². The number of hydrogen-bond acceptors (Lipinski definition) is 3. The second-order valence-corrected chi connectivity index (χ2v) is 4.60. The number of pyridine rings is 2. The van der Waals surface area contributed by atoms with Crippen molar-refractivity contribution in [2.45, 2.75) is 0 Å². The molecule has 1 N–H and O–H groups in total. The number of nitrogens with one attached hydrogen (secondary N) is 1. The van der Waals surface area contributed by atoms with E-state index in [0.29, 0.717) is 5.69 Å². The Hall–Kier alpha value is -2.46. The Morgan fingerprint density at radius 1 is 1.10 bits per heavy atom. The average molecular weight is 284 g/mol. The van der Waals surface area contributed by atoms with Gasteiger partial charge in [-0.3, -0.25) is 9.78 Å². The van der Waals surface area contributed by atoms with Crippen LogP contribution in [-0.2, 0) is 0 Å². The minimum atomic E-state index is -0.315. The molecular formula is C15H10ClN3O. The molecule has 2 aromatic heterocycles. The maximum Gasteiger partial charge on any atom is 0.274 e. The van der Waals surface area contributed by atoms with Gasteiger partial charge in [0.1, 0.15) is 10.8 Å². The molecule has 0 aliphatic heterocycles. The first-order valence-corrected chi connectivity index (χ1v) is 6.39. The van der Waals surface area contributed by atoms with Crippen LogP contribution in [0.1, 0.15) is 10.5 Å². The first kappa shape index (κ1) is 12.6. The fraction of sp³-hybridized carbons (Fsp3) is 0. The van der Waals surface area contributed by atoms with Crippen LogP contribution in [0.5, 0.6) is 0 Å². The number of carbonyl (C=O) groups excluding carboxylic acids is 1. The van der Waals surface area contributed by atoms with E-state index >= 15 is 0 Å². The topological polar surface area (TPSA) is 54.9 Å². The molecule has 0 unspecified atom stereocenters. The molecule has 1 aromatic carbocycles. The van der Waals surface area contributed by atoms with Gasteiger partial charge in [0.05, 0.1) is 17.4 Å². The first-order valence-electron chi connectivity index (χ1n) is 6.01. The van der Waals surface area contributed by atoms with E-state index in [9.17, 15) is 4.79 Å². The molecule has 0 radical (unpaired) electrons. The number of anilines is 1. The van der Waals surface area contributed by atoms with Gasteiger partial charge in [-0.25, -0.2) is 4.98 Å². The number of benzene rings is 1. The molecule has 0 saturated carbocycles. The van der Waals surface area contributed by atoms with E-state index in [4.69, 9.17) is 11.6 Å². The summed E-state index contributed by atoms with van der Waals surface area (Å²) < 4.78 is 0. The van der Waals surface area contributed by atoms with Crippen molar-refractivity contribution >= 4 is 34.1 Å². The molecule has 0 fully saturated rings. The van der Waals surface area contributed by atoms with Gasteiger partial charge < -0.3 is 5.32 Å². The Kier molecular flexibility index (Phi) is 3.31. The van der Waals surface area contributed by atoms with E-state index in [1.807, 2.05) is 30.3 Å². The number of halogens is 1. The number of para-hydroxylation sites is 1. The fourth-order valence-corrected chi connectivity index (χ4v) is 2.03. The van der Waals surface area contributed by atoms with Crippen LogP contribution in [0.4, 0.5) is 5.69 Å². The van der Waals surface area contributed by atoms with E-state index in [0.717, 1.165) is 10.9 Å². The molecule has 98 valence electrons. The van der Waals surface area contributed by atoms with Crippen molar-refractivity contribution in [3.05, 3.63) is 65.6 Å². The molecule has 20 heavy (non-hydrogen) atoms. The van der Waals surface area contributed by atoms with Gasteiger partial charge >= 0.3 is 0 Å². The van der Waals surface area contributed by atoms with E-state index in [1.165, 1.54) is 0 Å².